The minimum Gasteiger partial charge on any atom is -0.352 e. The van der Waals surface area contributed by atoms with E-state index in [4.69, 9.17) is 0 Å². The molecule has 0 aliphatic carbocycles. The topological polar surface area (TPSA) is 69.7 Å². The zero-order valence-electron chi connectivity index (χ0n) is 17.5. The summed E-state index contributed by atoms with van der Waals surface area (Å²) in [5.74, 6) is -0.273. The molecule has 0 spiro atoms. The van der Waals surface area contributed by atoms with E-state index in [-0.39, 0.29) is 17.7 Å². The molecule has 1 N–H and O–H groups in total. The first kappa shape index (κ1) is 20.0. The summed E-state index contributed by atoms with van der Waals surface area (Å²) >= 11 is 0. The predicted octanol–water partition coefficient (Wildman–Crippen LogP) is 3.90. The van der Waals surface area contributed by atoms with Gasteiger partial charge in [0, 0.05) is 30.6 Å². The van der Waals surface area contributed by atoms with Gasteiger partial charge in [-0.3, -0.25) is 19.3 Å². The third-order valence-electron chi connectivity index (χ3n) is 6.02. The largest absolute Gasteiger partial charge is 0.352 e. The molecule has 6 heteroatoms. The average molecular weight is 425 g/mol. The Kier molecular flexibility index (Phi) is 5.19. The molecule has 6 nitrogen and oxygen atoms in total. The van der Waals surface area contributed by atoms with E-state index in [1.165, 1.54) is 0 Å². The van der Waals surface area contributed by atoms with Crippen LogP contribution in [0.1, 0.15) is 50.9 Å². The average Bonchev–Trinajstić information content (AvgIpc) is 3.13. The molecule has 1 atom stereocenters. The molecular formula is C26H23N3O3. The summed E-state index contributed by atoms with van der Waals surface area (Å²) in [6.45, 7) is 0.864. The Bertz CT molecular complexity index is 1190. The predicted molar refractivity (Wildman–Crippen MR) is 121 cm³/mol. The number of carbonyl (C=O) groups is 3. The van der Waals surface area contributed by atoms with Gasteiger partial charge in [0.25, 0.3) is 11.8 Å². The minimum absolute atomic E-state index is 0.0570. The molecule has 0 radical (unpaired) electrons. The van der Waals surface area contributed by atoms with E-state index in [1.807, 2.05) is 60.7 Å². The summed E-state index contributed by atoms with van der Waals surface area (Å²) in [5.41, 5.74) is 3.64. The lowest BCUT2D eigenvalue weighted by Crippen LogP contribution is -2.48. The van der Waals surface area contributed by atoms with Gasteiger partial charge in [0.15, 0.2) is 0 Å². The molecule has 0 saturated heterocycles. The lowest BCUT2D eigenvalue weighted by atomic mass is 10.0. The van der Waals surface area contributed by atoms with Gasteiger partial charge >= 0.3 is 0 Å². The van der Waals surface area contributed by atoms with E-state index in [1.54, 1.807) is 28.0 Å². The highest BCUT2D eigenvalue weighted by Gasteiger charge is 2.47. The molecule has 3 amide bonds. The fourth-order valence-electron chi connectivity index (χ4n) is 4.49. The smallest absolute Gasteiger partial charge is 0.260 e. The van der Waals surface area contributed by atoms with Gasteiger partial charge in [-0.05, 0) is 30.2 Å². The fourth-order valence-corrected chi connectivity index (χ4v) is 4.49. The quantitative estimate of drug-likeness (QED) is 0.651. The second-order valence-electron chi connectivity index (χ2n) is 8.02. The Hall–Kier alpha value is -3.93. The third-order valence-corrected chi connectivity index (χ3v) is 6.02. The van der Waals surface area contributed by atoms with Crippen molar-refractivity contribution in [2.24, 2.45) is 0 Å². The molecule has 0 aromatic heterocycles. The van der Waals surface area contributed by atoms with Gasteiger partial charge in [-0.1, -0.05) is 60.7 Å². The van der Waals surface area contributed by atoms with Gasteiger partial charge < -0.3 is 10.2 Å². The SMILES string of the molecule is O=C(CCCN1C(=O)c2ccccc2N2C(=O)c3ccccc3[C@@H]12)NCc1ccccc1. The van der Waals surface area contributed by atoms with Crippen molar-refractivity contribution < 1.29 is 14.4 Å². The van der Waals surface area contributed by atoms with Crippen molar-refractivity contribution in [2.45, 2.75) is 25.6 Å². The number of carbonyl (C=O) groups excluding carboxylic acids is 3. The number of fused-ring (bicyclic) bond motifs is 5. The van der Waals surface area contributed by atoms with Crippen LogP contribution in [-0.4, -0.2) is 29.2 Å². The van der Waals surface area contributed by atoms with E-state index in [9.17, 15) is 14.4 Å². The molecule has 3 aromatic rings. The highest BCUT2D eigenvalue weighted by Crippen LogP contribution is 2.45. The molecule has 2 aliphatic heterocycles. The number of anilines is 1. The number of benzene rings is 3. The molecular weight excluding hydrogens is 402 g/mol. The minimum atomic E-state index is -0.478. The highest BCUT2D eigenvalue weighted by molar-refractivity contribution is 6.16. The van der Waals surface area contributed by atoms with Gasteiger partial charge in [0.1, 0.15) is 6.17 Å². The number of nitrogens with one attached hydrogen (secondary N) is 1. The van der Waals surface area contributed by atoms with Crippen molar-refractivity contribution in [1.82, 2.24) is 10.2 Å². The summed E-state index contributed by atoms with van der Waals surface area (Å²) in [6, 6.07) is 24.4. The molecule has 0 unspecified atom stereocenters. The molecule has 5 rings (SSSR count). The summed E-state index contributed by atoms with van der Waals surface area (Å²) < 4.78 is 0. The third kappa shape index (κ3) is 3.43. The molecule has 32 heavy (non-hydrogen) atoms. The van der Waals surface area contributed by atoms with Crippen LogP contribution >= 0.6 is 0 Å². The van der Waals surface area contributed by atoms with Crippen LogP contribution in [-0.2, 0) is 11.3 Å². The number of amides is 3. The first-order chi connectivity index (χ1) is 15.6. The van der Waals surface area contributed by atoms with Crippen LogP contribution in [0.15, 0.2) is 78.9 Å². The zero-order chi connectivity index (χ0) is 22.1. The lowest BCUT2D eigenvalue weighted by Gasteiger charge is -2.41. The van der Waals surface area contributed by atoms with Crippen LogP contribution < -0.4 is 10.2 Å². The van der Waals surface area contributed by atoms with Crippen molar-refractivity contribution in [3.05, 3.63) is 101 Å². The molecule has 3 aromatic carbocycles. The number of nitrogens with zero attached hydrogens (tertiary/aromatic N) is 2. The van der Waals surface area contributed by atoms with Crippen molar-refractivity contribution in [2.75, 3.05) is 11.4 Å². The number of rotatable bonds is 6. The standard InChI is InChI=1S/C26H23N3O3/c30-23(27-17-18-9-2-1-3-10-18)15-8-16-28-24-19-11-4-5-12-20(19)26(32)29(24)22-14-7-6-13-21(22)25(28)31/h1-7,9-14,24H,8,15-17H2,(H,27,30)/t24-/m0/s1. The van der Waals surface area contributed by atoms with E-state index in [2.05, 4.69) is 5.32 Å². The Morgan fingerprint density at radius 3 is 2.31 bits per heavy atom. The summed E-state index contributed by atoms with van der Waals surface area (Å²) in [6.07, 6.45) is 0.337. The van der Waals surface area contributed by atoms with E-state index in [0.717, 1.165) is 11.1 Å². The van der Waals surface area contributed by atoms with Gasteiger partial charge in [-0.25, -0.2) is 0 Å². The van der Waals surface area contributed by atoms with Gasteiger partial charge in [-0.2, -0.15) is 0 Å². The summed E-state index contributed by atoms with van der Waals surface area (Å²) in [4.78, 5) is 42.3. The van der Waals surface area contributed by atoms with Crippen LogP contribution in [0.25, 0.3) is 0 Å². The Balaban J connectivity index is 1.33. The van der Waals surface area contributed by atoms with Gasteiger partial charge in [0.2, 0.25) is 5.91 Å². The molecule has 0 saturated carbocycles. The van der Waals surface area contributed by atoms with Crippen LogP contribution in [0.2, 0.25) is 0 Å². The normalized spacial score (nSPS) is 16.4. The lowest BCUT2D eigenvalue weighted by molar-refractivity contribution is -0.121. The second kappa shape index (κ2) is 8.30. The maximum atomic E-state index is 13.3. The van der Waals surface area contributed by atoms with E-state index in [0.29, 0.717) is 42.7 Å². The van der Waals surface area contributed by atoms with E-state index >= 15 is 0 Å². The number of hydrogen-bond donors (Lipinski definition) is 1. The maximum Gasteiger partial charge on any atom is 0.260 e. The molecule has 0 bridgehead atoms. The highest BCUT2D eigenvalue weighted by atomic mass is 16.2. The number of para-hydroxylation sites is 1. The fraction of sp³-hybridized carbons (Fsp3) is 0.192. The first-order valence-electron chi connectivity index (χ1n) is 10.8. The first-order valence-corrected chi connectivity index (χ1v) is 10.8. The molecule has 2 aliphatic rings. The van der Waals surface area contributed by atoms with E-state index < -0.39 is 6.17 Å². The number of hydrogen-bond acceptors (Lipinski definition) is 3. The second-order valence-corrected chi connectivity index (χ2v) is 8.02. The molecule has 0 fully saturated rings. The van der Waals surface area contributed by atoms with Crippen molar-refractivity contribution in [3.63, 3.8) is 0 Å². The monoisotopic (exact) mass is 425 g/mol. The molecule has 160 valence electrons. The molecule has 2 heterocycles. The van der Waals surface area contributed by atoms with Gasteiger partial charge in [-0.15, -0.1) is 0 Å². The zero-order valence-corrected chi connectivity index (χ0v) is 17.5. The Morgan fingerprint density at radius 1 is 0.812 bits per heavy atom. The van der Waals surface area contributed by atoms with Crippen LogP contribution in [0, 0.1) is 0 Å². The van der Waals surface area contributed by atoms with Crippen molar-refractivity contribution in [3.8, 4) is 0 Å². The van der Waals surface area contributed by atoms with Crippen LogP contribution in [0.3, 0.4) is 0 Å². The van der Waals surface area contributed by atoms with Crippen molar-refractivity contribution >= 4 is 23.4 Å². The maximum absolute atomic E-state index is 13.3. The summed E-state index contributed by atoms with van der Waals surface area (Å²) in [5, 5.41) is 2.93. The summed E-state index contributed by atoms with van der Waals surface area (Å²) in [7, 11) is 0. The van der Waals surface area contributed by atoms with Gasteiger partial charge in [0.05, 0.1) is 11.3 Å². The Morgan fingerprint density at radius 2 is 1.50 bits per heavy atom. The van der Waals surface area contributed by atoms with Crippen LogP contribution in [0.4, 0.5) is 5.69 Å². The van der Waals surface area contributed by atoms with Crippen LogP contribution in [0.5, 0.6) is 0 Å². The van der Waals surface area contributed by atoms with Crippen molar-refractivity contribution in [1.29, 1.82) is 0 Å². The Labute approximate surface area is 186 Å².